The minimum Gasteiger partial charge on any atom is -0.496 e. The second-order valence-electron chi connectivity index (χ2n) is 6.11. The number of ether oxygens (including phenoxy) is 1. The van der Waals surface area contributed by atoms with Gasteiger partial charge in [0, 0.05) is 11.4 Å². The minimum absolute atomic E-state index is 0. The number of amides is 1. The fraction of sp³-hybridized carbons (Fsp3) is 0.444. The van der Waals surface area contributed by atoms with Crippen molar-refractivity contribution >= 4 is 29.7 Å². The Morgan fingerprint density at radius 2 is 2.24 bits per heavy atom. The molecule has 1 unspecified atom stereocenters. The van der Waals surface area contributed by atoms with E-state index in [4.69, 9.17) is 4.74 Å². The summed E-state index contributed by atoms with van der Waals surface area (Å²) in [6.45, 7) is 5.35. The van der Waals surface area contributed by atoms with Crippen molar-refractivity contribution in [3.05, 3.63) is 45.9 Å². The van der Waals surface area contributed by atoms with Crippen LogP contribution < -0.4 is 10.1 Å². The molecule has 0 radical (unpaired) electrons. The topological polar surface area (TPSA) is 54.5 Å². The van der Waals surface area contributed by atoms with Crippen molar-refractivity contribution in [2.75, 3.05) is 26.7 Å². The van der Waals surface area contributed by atoms with Gasteiger partial charge in [0.05, 0.1) is 30.4 Å². The number of carbonyl (C=O) groups is 1. The number of hydrogen-bond acceptors (Lipinski definition) is 5. The number of hydrogen-bond donors (Lipinski definition) is 1. The Balaban J connectivity index is 0.00000225. The predicted octanol–water partition coefficient (Wildman–Crippen LogP) is 3.13. The van der Waals surface area contributed by atoms with Gasteiger partial charge < -0.3 is 15.0 Å². The zero-order valence-corrected chi connectivity index (χ0v) is 16.2. The summed E-state index contributed by atoms with van der Waals surface area (Å²) in [5.41, 5.74) is 3.46. The van der Waals surface area contributed by atoms with Crippen molar-refractivity contribution < 1.29 is 9.53 Å². The first-order valence-corrected chi connectivity index (χ1v) is 9.09. The number of nitrogens with zero attached hydrogens (tertiary/aromatic N) is 2. The van der Waals surface area contributed by atoms with E-state index >= 15 is 0 Å². The van der Waals surface area contributed by atoms with Crippen LogP contribution in [-0.4, -0.2) is 42.5 Å². The Kier molecular flexibility index (Phi) is 7.23. The molecule has 1 atom stereocenters. The Hall–Kier alpha value is -1.63. The third kappa shape index (κ3) is 4.71. The monoisotopic (exact) mass is 381 g/mol. The molecule has 1 aliphatic rings. The van der Waals surface area contributed by atoms with Gasteiger partial charge in [0.2, 0.25) is 0 Å². The average molecular weight is 382 g/mol. The lowest BCUT2D eigenvalue weighted by molar-refractivity contribution is 0.0717. The Bertz CT molecular complexity index is 701. The van der Waals surface area contributed by atoms with Crippen LogP contribution in [0.5, 0.6) is 5.75 Å². The largest absolute Gasteiger partial charge is 0.496 e. The molecule has 0 bridgehead atoms. The second-order valence-corrected chi connectivity index (χ2v) is 7.05. The lowest BCUT2D eigenvalue weighted by atomic mass is 10.1. The van der Waals surface area contributed by atoms with Crippen LogP contribution in [-0.2, 0) is 6.54 Å². The lowest BCUT2D eigenvalue weighted by Gasteiger charge is -2.26. The van der Waals surface area contributed by atoms with Gasteiger partial charge in [-0.3, -0.25) is 4.79 Å². The molecule has 2 aromatic rings. The van der Waals surface area contributed by atoms with Gasteiger partial charge in [-0.05, 0) is 44.5 Å². The van der Waals surface area contributed by atoms with Crippen molar-refractivity contribution in [2.45, 2.75) is 19.9 Å². The molecule has 1 fully saturated rings. The molecule has 2 heterocycles. The number of halogens is 1. The van der Waals surface area contributed by atoms with Crippen LogP contribution in [0.4, 0.5) is 0 Å². The maximum absolute atomic E-state index is 13.2. The fourth-order valence-corrected chi connectivity index (χ4v) is 3.84. The van der Waals surface area contributed by atoms with Crippen molar-refractivity contribution in [2.24, 2.45) is 5.92 Å². The molecule has 1 N–H and O–H groups in total. The van der Waals surface area contributed by atoms with Crippen LogP contribution in [0.25, 0.3) is 0 Å². The fourth-order valence-electron chi connectivity index (χ4n) is 3.04. The van der Waals surface area contributed by atoms with Crippen LogP contribution in [0.2, 0.25) is 0 Å². The number of thiazole rings is 1. The Labute approximate surface area is 158 Å². The summed E-state index contributed by atoms with van der Waals surface area (Å²) in [6, 6.07) is 7.43. The SMILES string of the molecule is COc1ccccc1C(=O)N(Cc1scnc1C)CC1CCNC1.Cl. The molecule has 7 heteroatoms. The normalized spacial score (nSPS) is 16.3. The van der Waals surface area contributed by atoms with Gasteiger partial charge in [-0.15, -0.1) is 23.7 Å². The zero-order valence-electron chi connectivity index (χ0n) is 14.5. The van der Waals surface area contributed by atoms with E-state index in [0.29, 0.717) is 23.8 Å². The van der Waals surface area contributed by atoms with E-state index in [1.54, 1.807) is 18.4 Å². The highest BCUT2D eigenvalue weighted by Crippen LogP contribution is 2.24. The molecular weight excluding hydrogens is 358 g/mol. The van der Waals surface area contributed by atoms with E-state index in [1.165, 1.54) is 0 Å². The number of benzene rings is 1. The Morgan fingerprint density at radius 1 is 1.44 bits per heavy atom. The van der Waals surface area contributed by atoms with Gasteiger partial charge in [0.25, 0.3) is 5.91 Å². The van der Waals surface area contributed by atoms with Crippen molar-refractivity contribution in [1.29, 1.82) is 0 Å². The number of carbonyl (C=O) groups excluding carboxylic acids is 1. The summed E-state index contributed by atoms with van der Waals surface area (Å²) >= 11 is 1.61. The first-order chi connectivity index (χ1) is 11.7. The molecule has 3 rings (SSSR count). The summed E-state index contributed by atoms with van der Waals surface area (Å²) in [5, 5.41) is 3.38. The maximum Gasteiger partial charge on any atom is 0.257 e. The Morgan fingerprint density at radius 3 is 2.88 bits per heavy atom. The highest BCUT2D eigenvalue weighted by atomic mass is 35.5. The van der Waals surface area contributed by atoms with Crippen LogP contribution in [0.1, 0.15) is 27.3 Å². The molecule has 1 amide bonds. The van der Waals surface area contributed by atoms with Crippen LogP contribution in [0.3, 0.4) is 0 Å². The molecule has 0 spiro atoms. The van der Waals surface area contributed by atoms with Gasteiger partial charge in [0.1, 0.15) is 5.75 Å². The lowest BCUT2D eigenvalue weighted by Crippen LogP contribution is -2.35. The summed E-state index contributed by atoms with van der Waals surface area (Å²) in [4.78, 5) is 20.6. The summed E-state index contributed by atoms with van der Waals surface area (Å²) < 4.78 is 5.38. The molecule has 0 aliphatic carbocycles. The smallest absolute Gasteiger partial charge is 0.257 e. The van der Waals surface area contributed by atoms with Gasteiger partial charge in [0.15, 0.2) is 0 Å². The molecule has 1 aromatic heterocycles. The summed E-state index contributed by atoms with van der Waals surface area (Å²) in [7, 11) is 1.60. The number of aryl methyl sites for hydroxylation is 1. The third-order valence-electron chi connectivity index (χ3n) is 4.44. The van der Waals surface area contributed by atoms with E-state index in [9.17, 15) is 4.79 Å². The van der Waals surface area contributed by atoms with Gasteiger partial charge >= 0.3 is 0 Å². The molecule has 5 nitrogen and oxygen atoms in total. The number of rotatable bonds is 6. The third-order valence-corrected chi connectivity index (χ3v) is 5.36. The summed E-state index contributed by atoms with van der Waals surface area (Å²) in [5.74, 6) is 1.14. The standard InChI is InChI=1S/C18H23N3O2S.ClH/c1-13-17(24-12-20-13)11-21(10-14-7-8-19-9-14)18(22)15-5-3-4-6-16(15)23-2;/h3-6,12,14,19H,7-11H2,1-2H3;1H. The quantitative estimate of drug-likeness (QED) is 0.835. The van der Waals surface area contributed by atoms with Gasteiger partial charge in [-0.1, -0.05) is 12.1 Å². The highest BCUT2D eigenvalue weighted by molar-refractivity contribution is 7.09. The van der Waals surface area contributed by atoms with Crippen LogP contribution >= 0.6 is 23.7 Å². The molecular formula is C18H24ClN3O2S. The predicted molar refractivity (Wildman–Crippen MR) is 103 cm³/mol. The van der Waals surface area contributed by atoms with E-state index < -0.39 is 0 Å². The molecule has 1 saturated heterocycles. The van der Waals surface area contributed by atoms with Crippen LogP contribution in [0.15, 0.2) is 29.8 Å². The minimum atomic E-state index is 0. The van der Waals surface area contributed by atoms with Crippen molar-refractivity contribution in [3.63, 3.8) is 0 Å². The van der Waals surface area contributed by atoms with Crippen molar-refractivity contribution in [3.8, 4) is 5.75 Å². The molecule has 1 aromatic carbocycles. The van der Waals surface area contributed by atoms with E-state index in [0.717, 1.165) is 36.6 Å². The van der Waals surface area contributed by atoms with E-state index in [1.807, 2.05) is 41.6 Å². The van der Waals surface area contributed by atoms with Gasteiger partial charge in [-0.2, -0.15) is 0 Å². The van der Waals surface area contributed by atoms with Gasteiger partial charge in [-0.25, -0.2) is 4.98 Å². The molecule has 136 valence electrons. The average Bonchev–Trinajstić information content (AvgIpc) is 3.26. The molecule has 1 aliphatic heterocycles. The van der Waals surface area contributed by atoms with Crippen LogP contribution in [0, 0.1) is 12.8 Å². The first-order valence-electron chi connectivity index (χ1n) is 8.21. The molecule has 25 heavy (non-hydrogen) atoms. The highest BCUT2D eigenvalue weighted by Gasteiger charge is 2.25. The summed E-state index contributed by atoms with van der Waals surface area (Å²) in [6.07, 6.45) is 1.11. The first kappa shape index (κ1) is 19.7. The number of para-hydroxylation sites is 1. The number of methoxy groups -OCH3 is 1. The number of aromatic nitrogens is 1. The maximum atomic E-state index is 13.2. The van der Waals surface area contributed by atoms with E-state index in [2.05, 4.69) is 10.3 Å². The second kappa shape index (κ2) is 9.17. The van der Waals surface area contributed by atoms with E-state index in [-0.39, 0.29) is 18.3 Å². The zero-order chi connectivity index (χ0) is 16.9. The number of nitrogens with one attached hydrogen (secondary N) is 1. The molecule has 0 saturated carbocycles. The van der Waals surface area contributed by atoms with Crippen molar-refractivity contribution in [1.82, 2.24) is 15.2 Å².